The predicted molar refractivity (Wildman–Crippen MR) is 118 cm³/mol. The first kappa shape index (κ1) is 20.6. The summed E-state index contributed by atoms with van der Waals surface area (Å²) in [5.74, 6) is 0.582. The van der Waals surface area contributed by atoms with Gasteiger partial charge < -0.3 is 15.3 Å². The number of pyridine rings is 1. The van der Waals surface area contributed by atoms with E-state index in [9.17, 15) is 5.11 Å². The van der Waals surface area contributed by atoms with Gasteiger partial charge in [0.15, 0.2) is 0 Å². The number of hydrogen-bond acceptors (Lipinski definition) is 10. The fourth-order valence-electron chi connectivity index (χ4n) is 3.50. The van der Waals surface area contributed by atoms with Crippen molar-refractivity contribution in [2.24, 2.45) is 0 Å². The molecule has 0 amide bonds. The van der Waals surface area contributed by atoms with Crippen LogP contribution in [0.3, 0.4) is 0 Å². The summed E-state index contributed by atoms with van der Waals surface area (Å²) in [7, 11) is 1.71. The summed E-state index contributed by atoms with van der Waals surface area (Å²) in [6, 6.07) is 7.79. The number of hydrogen-bond donors (Lipinski definition) is 3. The van der Waals surface area contributed by atoms with Gasteiger partial charge in [0.25, 0.3) is 0 Å². The molecule has 0 bridgehead atoms. The summed E-state index contributed by atoms with van der Waals surface area (Å²) in [4.78, 5) is 17.7. The van der Waals surface area contributed by atoms with Gasteiger partial charge in [-0.3, -0.25) is 15.2 Å². The molecule has 1 aliphatic rings. The molecule has 10 heteroatoms. The molecule has 3 aromatic heterocycles. The van der Waals surface area contributed by atoms with Crippen LogP contribution in [0.4, 0.5) is 16.6 Å². The molecule has 1 fully saturated rings. The molecule has 4 heterocycles. The van der Waals surface area contributed by atoms with Crippen molar-refractivity contribution in [3.8, 4) is 0 Å². The number of nitrogens with one attached hydrogen (secondary N) is 2. The van der Waals surface area contributed by atoms with Crippen molar-refractivity contribution in [1.82, 2.24) is 29.5 Å². The van der Waals surface area contributed by atoms with Crippen molar-refractivity contribution in [2.75, 3.05) is 43.4 Å². The highest BCUT2D eigenvalue weighted by Crippen LogP contribution is 2.24. The van der Waals surface area contributed by atoms with Gasteiger partial charge in [0.1, 0.15) is 11.2 Å². The molecule has 0 saturated carbocycles. The molecule has 0 aromatic carbocycles. The van der Waals surface area contributed by atoms with Crippen molar-refractivity contribution in [3.05, 3.63) is 53.7 Å². The average molecular weight is 427 g/mol. The smallest absolute Gasteiger partial charge is 0.227 e. The lowest BCUT2D eigenvalue weighted by Gasteiger charge is -2.36. The molecule has 1 aliphatic heterocycles. The molecule has 158 valence electrons. The molecular formula is C20H26N8OS. The highest BCUT2D eigenvalue weighted by Gasteiger charge is 2.20. The lowest BCUT2D eigenvalue weighted by molar-refractivity contribution is 0.144. The SMILES string of the molecule is CNC(O)c1ccc(N2CCN(Cc3cc(Nc4ncccn4)sn3)CC2)c(C)n1. The summed E-state index contributed by atoms with van der Waals surface area (Å²) in [6.07, 6.45) is 2.69. The largest absolute Gasteiger partial charge is 0.373 e. The normalized spacial score (nSPS) is 15.9. The lowest BCUT2D eigenvalue weighted by atomic mass is 10.2. The topological polar surface area (TPSA) is 102 Å². The summed E-state index contributed by atoms with van der Waals surface area (Å²) < 4.78 is 4.56. The summed E-state index contributed by atoms with van der Waals surface area (Å²) in [5, 5.41) is 16.8. The first-order valence-electron chi connectivity index (χ1n) is 9.92. The Morgan fingerprint density at radius 1 is 1.17 bits per heavy atom. The maximum atomic E-state index is 9.90. The van der Waals surface area contributed by atoms with Gasteiger partial charge in [-0.15, -0.1) is 0 Å². The number of aryl methyl sites for hydroxylation is 1. The van der Waals surface area contributed by atoms with E-state index in [1.165, 1.54) is 11.5 Å². The minimum Gasteiger partial charge on any atom is -0.373 e. The van der Waals surface area contributed by atoms with E-state index in [-0.39, 0.29) is 0 Å². The van der Waals surface area contributed by atoms with Crippen LogP contribution in [0, 0.1) is 6.92 Å². The monoisotopic (exact) mass is 426 g/mol. The van der Waals surface area contributed by atoms with Crippen molar-refractivity contribution >= 4 is 28.2 Å². The standard InChI is InChI=1S/C20H26N8OS/c1-14-17(5-4-16(24-14)19(29)21-2)28-10-8-27(9-11-28)13-15-12-18(30-26-15)25-20-22-6-3-7-23-20/h3-7,12,19,21,29H,8-11,13H2,1-2H3,(H,22,23,25). The summed E-state index contributed by atoms with van der Waals surface area (Å²) in [5.41, 5.74) is 3.76. The van der Waals surface area contributed by atoms with Gasteiger partial charge in [-0.2, -0.15) is 4.37 Å². The van der Waals surface area contributed by atoms with Gasteiger partial charge >= 0.3 is 0 Å². The molecule has 3 N–H and O–H groups in total. The number of aromatic nitrogens is 4. The van der Waals surface area contributed by atoms with Crippen LogP contribution in [-0.4, -0.2) is 62.6 Å². The molecule has 1 atom stereocenters. The molecule has 0 spiro atoms. The number of nitrogens with zero attached hydrogens (tertiary/aromatic N) is 6. The molecule has 0 radical (unpaired) electrons. The first-order chi connectivity index (χ1) is 14.6. The van der Waals surface area contributed by atoms with Gasteiger partial charge in [0.2, 0.25) is 5.95 Å². The van der Waals surface area contributed by atoms with E-state index in [1.807, 2.05) is 13.0 Å². The molecule has 30 heavy (non-hydrogen) atoms. The maximum Gasteiger partial charge on any atom is 0.227 e. The average Bonchev–Trinajstić information content (AvgIpc) is 3.21. The van der Waals surface area contributed by atoms with Crippen molar-refractivity contribution in [2.45, 2.75) is 19.7 Å². The number of aliphatic hydroxyl groups excluding tert-OH is 1. The van der Waals surface area contributed by atoms with Gasteiger partial charge in [0.05, 0.1) is 22.8 Å². The van der Waals surface area contributed by atoms with E-state index in [4.69, 9.17) is 0 Å². The van der Waals surface area contributed by atoms with Crippen LogP contribution in [-0.2, 0) is 6.54 Å². The van der Waals surface area contributed by atoms with E-state index >= 15 is 0 Å². The van der Waals surface area contributed by atoms with Gasteiger partial charge in [0, 0.05) is 45.1 Å². The van der Waals surface area contributed by atoms with Crippen LogP contribution < -0.4 is 15.5 Å². The first-order valence-corrected chi connectivity index (χ1v) is 10.7. The lowest BCUT2D eigenvalue weighted by Crippen LogP contribution is -2.46. The van der Waals surface area contributed by atoms with Crippen LogP contribution >= 0.6 is 11.5 Å². The zero-order chi connectivity index (χ0) is 20.9. The van der Waals surface area contributed by atoms with Crippen LogP contribution in [0.5, 0.6) is 0 Å². The Morgan fingerprint density at radius 3 is 2.63 bits per heavy atom. The highest BCUT2D eigenvalue weighted by atomic mass is 32.1. The number of piperazine rings is 1. The predicted octanol–water partition coefficient (Wildman–Crippen LogP) is 1.91. The van der Waals surface area contributed by atoms with Crippen molar-refractivity contribution in [1.29, 1.82) is 0 Å². The third kappa shape index (κ3) is 4.90. The Morgan fingerprint density at radius 2 is 1.93 bits per heavy atom. The molecule has 3 aromatic rings. The van der Waals surface area contributed by atoms with E-state index in [0.717, 1.165) is 54.8 Å². The molecule has 0 aliphatic carbocycles. The molecule has 1 unspecified atom stereocenters. The molecule has 4 rings (SSSR count). The molecule has 1 saturated heterocycles. The minimum atomic E-state index is -0.736. The van der Waals surface area contributed by atoms with Gasteiger partial charge in [-0.1, -0.05) is 0 Å². The Kier molecular flexibility index (Phi) is 6.48. The maximum absolute atomic E-state index is 9.90. The Balaban J connectivity index is 1.31. The highest BCUT2D eigenvalue weighted by molar-refractivity contribution is 7.10. The second kappa shape index (κ2) is 9.43. The van der Waals surface area contributed by atoms with Gasteiger partial charge in [-0.05, 0) is 49.8 Å². The van der Waals surface area contributed by atoms with Crippen molar-refractivity contribution in [3.63, 3.8) is 0 Å². The Labute approximate surface area is 180 Å². The molecule has 9 nitrogen and oxygen atoms in total. The zero-order valence-electron chi connectivity index (χ0n) is 17.1. The second-order valence-corrected chi connectivity index (χ2v) is 7.98. The fraction of sp³-hybridized carbons (Fsp3) is 0.400. The number of anilines is 3. The van der Waals surface area contributed by atoms with E-state index in [0.29, 0.717) is 11.6 Å². The summed E-state index contributed by atoms with van der Waals surface area (Å²) >= 11 is 1.43. The van der Waals surface area contributed by atoms with E-state index in [2.05, 4.69) is 51.9 Å². The summed E-state index contributed by atoms with van der Waals surface area (Å²) in [6.45, 7) is 6.61. The number of rotatable bonds is 7. The zero-order valence-corrected chi connectivity index (χ0v) is 17.9. The second-order valence-electron chi connectivity index (χ2n) is 7.17. The quantitative estimate of drug-likeness (QED) is 0.489. The Hall–Kier alpha value is -2.66. The van der Waals surface area contributed by atoms with Crippen molar-refractivity contribution < 1.29 is 5.11 Å². The third-order valence-electron chi connectivity index (χ3n) is 5.09. The van der Waals surface area contributed by atoms with Crippen LogP contribution in [0.25, 0.3) is 0 Å². The van der Waals surface area contributed by atoms with Crippen LogP contribution in [0.1, 0.15) is 23.3 Å². The number of aliphatic hydroxyl groups is 1. The molecular weight excluding hydrogens is 400 g/mol. The van der Waals surface area contributed by atoms with Gasteiger partial charge in [-0.25, -0.2) is 9.97 Å². The van der Waals surface area contributed by atoms with Crippen LogP contribution in [0.2, 0.25) is 0 Å². The van der Waals surface area contributed by atoms with E-state index < -0.39 is 6.23 Å². The fourth-order valence-corrected chi connectivity index (χ4v) is 4.15. The third-order valence-corrected chi connectivity index (χ3v) is 5.83. The minimum absolute atomic E-state index is 0.582. The van der Waals surface area contributed by atoms with Crippen LogP contribution in [0.15, 0.2) is 36.7 Å². The Bertz CT molecular complexity index is 958. The van der Waals surface area contributed by atoms with E-state index in [1.54, 1.807) is 25.5 Å².